The first-order valence-corrected chi connectivity index (χ1v) is 6.44. The zero-order valence-corrected chi connectivity index (χ0v) is 7.86. The second kappa shape index (κ2) is 1.96. The molecule has 0 saturated carbocycles. The first-order chi connectivity index (χ1) is 3.97. The summed E-state index contributed by atoms with van der Waals surface area (Å²) in [5, 5.41) is 0. The average Bonchev–Trinajstić information content (AvgIpc) is 2.15. The van der Waals surface area contributed by atoms with Gasteiger partial charge in [-0.2, -0.15) is 0 Å². The van der Waals surface area contributed by atoms with Gasteiger partial charge in [-0.15, -0.1) is 0 Å². The van der Waals surface area contributed by atoms with Crippen LogP contribution in [0.1, 0.15) is 19.3 Å². The molecular formula is C7H8Po. The van der Waals surface area contributed by atoms with Crippen LogP contribution in [-0.4, -0.2) is 23.6 Å². The van der Waals surface area contributed by atoms with Gasteiger partial charge in [-0.3, -0.25) is 0 Å². The molecule has 0 atom stereocenters. The summed E-state index contributed by atoms with van der Waals surface area (Å²) in [7, 11) is 0. The normalized spacial score (nSPS) is 25.0. The molecule has 0 nitrogen and oxygen atoms in total. The molecule has 2 aliphatic rings. The van der Waals surface area contributed by atoms with Gasteiger partial charge in [0, 0.05) is 0 Å². The minimum atomic E-state index is -0.0463. The van der Waals surface area contributed by atoms with E-state index >= 15 is 0 Å². The Hall–Kier alpha value is 0.376. The van der Waals surface area contributed by atoms with Crippen LogP contribution in [0.3, 0.4) is 0 Å². The Morgan fingerprint density at radius 2 is 2.38 bits per heavy atom. The first-order valence-electron chi connectivity index (χ1n) is 3.02. The van der Waals surface area contributed by atoms with E-state index in [0.717, 1.165) is 0 Å². The minimum absolute atomic E-state index is 0.0463. The van der Waals surface area contributed by atoms with E-state index < -0.39 is 0 Å². The SMILES string of the molecule is [CH]1=CC2=[C](CCC2)[Po]1. The zero-order chi connectivity index (χ0) is 5.40. The van der Waals surface area contributed by atoms with Crippen molar-refractivity contribution in [1.29, 1.82) is 0 Å². The quantitative estimate of drug-likeness (QED) is 0.638. The molecule has 1 heterocycles. The van der Waals surface area contributed by atoms with Gasteiger partial charge in [0.1, 0.15) is 0 Å². The van der Waals surface area contributed by atoms with Crippen LogP contribution in [0.5, 0.6) is 0 Å². The van der Waals surface area contributed by atoms with Crippen LogP contribution in [0, 0.1) is 0 Å². The molecule has 0 saturated heterocycles. The van der Waals surface area contributed by atoms with Crippen molar-refractivity contribution in [2.75, 3.05) is 0 Å². The summed E-state index contributed by atoms with van der Waals surface area (Å²) in [6.07, 6.45) is 6.67. The summed E-state index contributed by atoms with van der Waals surface area (Å²) >= 11 is -0.0463. The molecule has 0 unspecified atom stereocenters. The van der Waals surface area contributed by atoms with E-state index in [1.165, 1.54) is 19.3 Å². The summed E-state index contributed by atoms with van der Waals surface area (Å²) < 4.78 is 4.33. The fourth-order valence-corrected chi connectivity index (χ4v) is 5.06. The number of hydrogen-bond acceptors (Lipinski definition) is 0. The van der Waals surface area contributed by atoms with E-state index in [9.17, 15) is 0 Å². The Balaban J connectivity index is 2.33. The van der Waals surface area contributed by atoms with Gasteiger partial charge < -0.3 is 0 Å². The summed E-state index contributed by atoms with van der Waals surface area (Å²) in [5.74, 6) is 0. The number of hydrogen-bond donors (Lipinski definition) is 0. The molecule has 0 bridgehead atoms. The number of allylic oxidation sites excluding steroid dienone is 3. The molecule has 1 heteroatoms. The third kappa shape index (κ3) is 0.687. The van der Waals surface area contributed by atoms with Crippen LogP contribution < -0.4 is 0 Å². The van der Waals surface area contributed by atoms with E-state index in [0.29, 0.717) is 0 Å². The molecular weight excluding hydrogens is 293 g/mol. The maximum absolute atomic E-state index is 2.45. The van der Waals surface area contributed by atoms with Crippen molar-refractivity contribution < 1.29 is 0 Å². The molecule has 8 heavy (non-hydrogen) atoms. The Morgan fingerprint density at radius 1 is 1.38 bits per heavy atom. The zero-order valence-electron chi connectivity index (χ0n) is 4.68. The Bertz CT molecular complexity index is 165. The van der Waals surface area contributed by atoms with Crippen LogP contribution in [0.25, 0.3) is 0 Å². The van der Waals surface area contributed by atoms with Gasteiger partial charge in [0.15, 0.2) is 0 Å². The number of rotatable bonds is 0. The molecule has 0 spiro atoms. The molecule has 42 valence electrons. The second-order valence-electron chi connectivity index (χ2n) is 2.22. The molecule has 1 aliphatic carbocycles. The van der Waals surface area contributed by atoms with E-state index in [1.807, 2.05) is 3.23 Å². The van der Waals surface area contributed by atoms with Gasteiger partial charge in [-0.1, -0.05) is 0 Å². The van der Waals surface area contributed by atoms with Gasteiger partial charge in [0.25, 0.3) is 0 Å². The van der Waals surface area contributed by atoms with Crippen LogP contribution in [0.15, 0.2) is 18.6 Å². The monoisotopic (exact) mass is 301 g/mol. The van der Waals surface area contributed by atoms with E-state index in [1.54, 1.807) is 5.57 Å². The summed E-state index contributed by atoms with van der Waals surface area (Å²) in [6.45, 7) is 0. The van der Waals surface area contributed by atoms with Gasteiger partial charge in [-0.25, -0.2) is 0 Å². The van der Waals surface area contributed by atoms with Crippen molar-refractivity contribution in [2.45, 2.75) is 19.3 Å². The second-order valence-corrected chi connectivity index (χ2v) is 6.11. The molecule has 0 aromatic rings. The standard InChI is InChI=1S/C7H8.Po/c1-2-7-5-3-4-6-7;/h1-2H,3-5H2;. The van der Waals surface area contributed by atoms with Crippen LogP contribution in [0.4, 0.5) is 0 Å². The molecule has 0 fully saturated rings. The van der Waals surface area contributed by atoms with Crippen molar-refractivity contribution in [3.63, 3.8) is 0 Å². The van der Waals surface area contributed by atoms with Crippen molar-refractivity contribution in [3.05, 3.63) is 18.6 Å². The van der Waals surface area contributed by atoms with Gasteiger partial charge in [0.2, 0.25) is 0 Å². The molecule has 1 aliphatic heterocycles. The van der Waals surface area contributed by atoms with Crippen molar-refractivity contribution >= 4 is 23.6 Å². The fraction of sp³-hybridized carbons (Fsp3) is 0.429. The Kier molecular flexibility index (Phi) is 1.27. The van der Waals surface area contributed by atoms with Crippen LogP contribution >= 0.6 is 0 Å². The molecule has 0 aromatic heterocycles. The van der Waals surface area contributed by atoms with Gasteiger partial charge >= 0.3 is 61.4 Å². The van der Waals surface area contributed by atoms with Crippen LogP contribution in [0.2, 0.25) is 0 Å². The molecule has 0 radical (unpaired) electrons. The summed E-state index contributed by atoms with van der Waals surface area (Å²) in [5.41, 5.74) is 1.72. The molecule has 0 amide bonds. The summed E-state index contributed by atoms with van der Waals surface area (Å²) in [6, 6.07) is 0. The van der Waals surface area contributed by atoms with E-state index in [-0.39, 0.29) is 23.6 Å². The van der Waals surface area contributed by atoms with E-state index in [2.05, 4.69) is 9.81 Å². The van der Waals surface area contributed by atoms with E-state index in [4.69, 9.17) is 0 Å². The van der Waals surface area contributed by atoms with Crippen molar-refractivity contribution in [2.24, 2.45) is 0 Å². The van der Waals surface area contributed by atoms with Crippen LogP contribution in [-0.2, 0) is 0 Å². The topological polar surface area (TPSA) is 0 Å². The van der Waals surface area contributed by atoms with Crippen molar-refractivity contribution in [3.8, 4) is 0 Å². The fourth-order valence-electron chi connectivity index (χ4n) is 1.25. The predicted molar refractivity (Wildman–Crippen MR) is 35.8 cm³/mol. The third-order valence-electron chi connectivity index (χ3n) is 1.69. The Labute approximate surface area is 61.4 Å². The molecule has 0 N–H and O–H groups in total. The first kappa shape index (κ1) is 5.18. The Morgan fingerprint density at radius 3 is 3.25 bits per heavy atom. The third-order valence-corrected chi connectivity index (χ3v) is 5.66. The molecule has 0 aromatic carbocycles. The van der Waals surface area contributed by atoms with Crippen molar-refractivity contribution in [1.82, 2.24) is 0 Å². The summed E-state index contributed by atoms with van der Waals surface area (Å²) in [4.78, 5) is 0. The average molecular weight is 301 g/mol. The maximum atomic E-state index is 2.45. The predicted octanol–water partition coefficient (Wildman–Crippen LogP) is 1.66. The van der Waals surface area contributed by atoms with Gasteiger partial charge in [0.05, 0.1) is 0 Å². The van der Waals surface area contributed by atoms with Gasteiger partial charge in [-0.05, 0) is 0 Å². The molecule has 2 rings (SSSR count).